The topological polar surface area (TPSA) is 111 Å². The molecule has 0 saturated carbocycles. The first-order chi connectivity index (χ1) is 12.0. The number of carbonyl (C=O) groups is 1. The summed E-state index contributed by atoms with van der Waals surface area (Å²) in [7, 11) is 0. The third-order valence-electron chi connectivity index (χ3n) is 3.32. The monoisotopic (exact) mass is 374 g/mol. The average molecular weight is 375 g/mol. The van der Waals surface area contributed by atoms with E-state index in [1.165, 1.54) is 24.3 Å². The lowest BCUT2D eigenvalue weighted by atomic mass is 10.1. The predicted octanol–water partition coefficient (Wildman–Crippen LogP) is 4.21. The second kappa shape index (κ2) is 6.88. The molecule has 0 bridgehead atoms. The number of benzene rings is 2. The highest BCUT2D eigenvalue weighted by atomic mass is 35.5. The Balaban J connectivity index is 1.94. The molecule has 0 aliphatic carbocycles. The number of nitrogens with one attached hydrogen (secondary N) is 1. The lowest BCUT2D eigenvalue weighted by Crippen LogP contribution is -2.11. The van der Waals surface area contributed by atoms with E-state index in [2.05, 4.69) is 10.3 Å². The minimum absolute atomic E-state index is 0.0472. The molecule has 9 heteroatoms. The molecule has 0 radical (unpaired) electrons. The van der Waals surface area contributed by atoms with Gasteiger partial charge >= 0.3 is 0 Å². The Labute approximate surface area is 151 Å². The summed E-state index contributed by atoms with van der Waals surface area (Å²) in [6, 6.07) is 12.6. The number of nitro groups is 1. The Morgan fingerprint density at radius 2 is 1.88 bits per heavy atom. The molecule has 0 atom stereocenters. The van der Waals surface area contributed by atoms with Crippen molar-refractivity contribution in [2.45, 2.75) is 0 Å². The van der Waals surface area contributed by atoms with Crippen LogP contribution in [0.5, 0.6) is 0 Å². The van der Waals surface area contributed by atoms with Crippen molar-refractivity contribution in [3.05, 3.63) is 68.5 Å². The van der Waals surface area contributed by atoms with Crippen LogP contribution in [0.3, 0.4) is 0 Å². The maximum Gasteiger partial charge on any atom is 0.269 e. The molecule has 0 aliphatic heterocycles. The Morgan fingerprint density at radius 3 is 2.52 bits per heavy atom. The molecular formula is C16H11ClN4O3S. The second-order valence-corrected chi connectivity index (χ2v) is 6.41. The van der Waals surface area contributed by atoms with Crippen LogP contribution in [0, 0.1) is 10.1 Å². The minimum atomic E-state index is -0.496. The van der Waals surface area contributed by atoms with Gasteiger partial charge < -0.3 is 11.1 Å². The number of amides is 1. The molecule has 0 saturated heterocycles. The van der Waals surface area contributed by atoms with Gasteiger partial charge in [0.05, 0.1) is 21.3 Å². The molecule has 1 heterocycles. The summed E-state index contributed by atoms with van der Waals surface area (Å²) in [4.78, 5) is 27.3. The first kappa shape index (κ1) is 16.9. The summed E-state index contributed by atoms with van der Waals surface area (Å²) < 4.78 is 0. The number of hydrogen-bond donors (Lipinski definition) is 2. The molecule has 0 fully saturated rings. The zero-order valence-corrected chi connectivity index (χ0v) is 14.2. The third-order valence-corrected chi connectivity index (χ3v) is 4.54. The van der Waals surface area contributed by atoms with Gasteiger partial charge in [-0.3, -0.25) is 14.9 Å². The van der Waals surface area contributed by atoms with Crippen LogP contribution in [0.25, 0.3) is 11.3 Å². The lowest BCUT2D eigenvalue weighted by molar-refractivity contribution is -0.384. The maximum absolute atomic E-state index is 12.6. The van der Waals surface area contributed by atoms with Crippen molar-refractivity contribution in [3.63, 3.8) is 0 Å². The fraction of sp³-hybridized carbons (Fsp3) is 0. The Hall–Kier alpha value is -2.97. The summed E-state index contributed by atoms with van der Waals surface area (Å²) in [5, 5.41) is 14.1. The molecule has 3 N–H and O–H groups in total. The van der Waals surface area contributed by atoms with E-state index in [9.17, 15) is 14.9 Å². The number of para-hydroxylation sites is 1. The van der Waals surface area contributed by atoms with Crippen LogP contribution in [0.4, 0.5) is 16.5 Å². The van der Waals surface area contributed by atoms with Crippen LogP contribution in [-0.4, -0.2) is 15.8 Å². The Kier molecular flexibility index (Phi) is 4.64. The summed E-state index contributed by atoms with van der Waals surface area (Å²) in [5.74, 6) is -0.407. The number of hydrogen-bond acceptors (Lipinski definition) is 6. The number of nitrogens with zero attached hydrogens (tertiary/aromatic N) is 2. The van der Waals surface area contributed by atoms with Crippen LogP contribution in [0.1, 0.15) is 9.67 Å². The van der Waals surface area contributed by atoms with Crippen LogP contribution in [0.15, 0.2) is 48.5 Å². The van der Waals surface area contributed by atoms with Crippen LogP contribution in [-0.2, 0) is 0 Å². The number of nitro benzene ring substituents is 1. The number of non-ortho nitro benzene ring substituents is 1. The van der Waals surface area contributed by atoms with E-state index in [1.807, 2.05) is 0 Å². The molecular weight excluding hydrogens is 364 g/mol. The normalized spacial score (nSPS) is 10.4. The molecule has 3 rings (SSSR count). The molecule has 0 spiro atoms. The molecule has 0 aliphatic rings. The zero-order chi connectivity index (χ0) is 18.0. The number of rotatable bonds is 4. The van der Waals surface area contributed by atoms with Crippen molar-refractivity contribution in [2.24, 2.45) is 0 Å². The summed E-state index contributed by atoms with van der Waals surface area (Å²) in [6.45, 7) is 0. The second-order valence-electron chi connectivity index (χ2n) is 4.97. The molecule has 1 aromatic heterocycles. The first-order valence-electron chi connectivity index (χ1n) is 7.02. The Morgan fingerprint density at radius 1 is 1.20 bits per heavy atom. The highest BCUT2D eigenvalue weighted by Gasteiger charge is 2.20. The number of nitrogens with two attached hydrogens (primary N) is 1. The van der Waals surface area contributed by atoms with Crippen LogP contribution < -0.4 is 11.1 Å². The quantitative estimate of drug-likeness (QED) is 0.525. The van der Waals surface area contributed by atoms with Crippen molar-refractivity contribution in [2.75, 3.05) is 11.1 Å². The lowest BCUT2D eigenvalue weighted by Gasteiger charge is -2.07. The first-order valence-corrected chi connectivity index (χ1v) is 8.22. The van der Waals surface area contributed by atoms with Gasteiger partial charge in [-0.15, -0.1) is 0 Å². The third kappa shape index (κ3) is 3.59. The fourth-order valence-electron chi connectivity index (χ4n) is 2.17. The number of carbonyl (C=O) groups excluding carboxylic acids is 1. The van der Waals surface area contributed by atoms with Crippen molar-refractivity contribution < 1.29 is 9.72 Å². The average Bonchev–Trinajstić information content (AvgIpc) is 2.99. The number of nitrogen functional groups attached to an aromatic ring is 1. The van der Waals surface area contributed by atoms with Crippen molar-refractivity contribution in [1.82, 2.24) is 4.98 Å². The van der Waals surface area contributed by atoms with Gasteiger partial charge in [0, 0.05) is 17.7 Å². The highest BCUT2D eigenvalue weighted by molar-refractivity contribution is 7.17. The molecule has 3 aromatic rings. The summed E-state index contributed by atoms with van der Waals surface area (Å²) in [6.07, 6.45) is 0. The molecule has 7 nitrogen and oxygen atoms in total. The smallest absolute Gasteiger partial charge is 0.269 e. The van der Waals surface area contributed by atoms with Gasteiger partial charge in [-0.05, 0) is 24.3 Å². The molecule has 2 aromatic carbocycles. The minimum Gasteiger partial charge on any atom is -0.375 e. The summed E-state index contributed by atoms with van der Waals surface area (Å²) >= 11 is 7.08. The standard InChI is InChI=1S/C16H11ClN4O3S/c17-11-3-1-2-4-12(11)19-15(22)14-13(20-16(18)25-14)9-5-7-10(8-6-9)21(23)24/h1-8H,(H2,18,20)(H,19,22). The molecule has 0 unspecified atom stereocenters. The van der Waals surface area contributed by atoms with E-state index >= 15 is 0 Å². The predicted molar refractivity (Wildman–Crippen MR) is 98.0 cm³/mol. The maximum atomic E-state index is 12.6. The number of aromatic nitrogens is 1. The van der Waals surface area contributed by atoms with Gasteiger partial charge in [0.1, 0.15) is 4.88 Å². The van der Waals surface area contributed by atoms with E-state index in [0.29, 0.717) is 26.8 Å². The SMILES string of the molecule is Nc1nc(-c2ccc([N+](=O)[O-])cc2)c(C(=O)Nc2ccccc2Cl)s1. The van der Waals surface area contributed by atoms with Crippen molar-refractivity contribution >= 4 is 45.4 Å². The van der Waals surface area contributed by atoms with E-state index < -0.39 is 10.8 Å². The van der Waals surface area contributed by atoms with E-state index in [4.69, 9.17) is 17.3 Å². The van der Waals surface area contributed by atoms with Gasteiger partial charge in [-0.25, -0.2) is 4.98 Å². The van der Waals surface area contributed by atoms with Crippen LogP contribution in [0.2, 0.25) is 5.02 Å². The van der Waals surface area contributed by atoms with Crippen LogP contribution >= 0.6 is 22.9 Å². The Bertz CT molecular complexity index is 956. The number of anilines is 2. The summed E-state index contributed by atoms with van der Waals surface area (Å²) in [5.41, 5.74) is 7.09. The van der Waals surface area contributed by atoms with E-state index in [-0.39, 0.29) is 10.8 Å². The van der Waals surface area contributed by atoms with Crippen molar-refractivity contribution in [1.29, 1.82) is 0 Å². The highest BCUT2D eigenvalue weighted by Crippen LogP contribution is 2.32. The molecule has 25 heavy (non-hydrogen) atoms. The van der Waals surface area contributed by atoms with E-state index in [1.54, 1.807) is 24.3 Å². The van der Waals surface area contributed by atoms with Crippen molar-refractivity contribution in [3.8, 4) is 11.3 Å². The molecule has 126 valence electrons. The number of thiazole rings is 1. The fourth-order valence-corrected chi connectivity index (χ4v) is 3.10. The number of halogens is 1. The largest absolute Gasteiger partial charge is 0.375 e. The van der Waals surface area contributed by atoms with E-state index in [0.717, 1.165) is 11.3 Å². The molecule has 1 amide bonds. The van der Waals surface area contributed by atoms with Gasteiger partial charge in [0.25, 0.3) is 11.6 Å². The van der Waals surface area contributed by atoms with Gasteiger partial charge in [0.2, 0.25) is 0 Å². The van der Waals surface area contributed by atoms with Gasteiger partial charge in [-0.1, -0.05) is 35.1 Å². The van der Waals surface area contributed by atoms with Gasteiger partial charge in [0.15, 0.2) is 5.13 Å². The van der Waals surface area contributed by atoms with Gasteiger partial charge in [-0.2, -0.15) is 0 Å². The zero-order valence-electron chi connectivity index (χ0n) is 12.6.